The molecular weight excluding hydrogens is 387 g/mol. The Bertz CT molecular complexity index is 746. The normalized spacial score (nSPS) is 12.2. The highest BCUT2D eigenvalue weighted by molar-refractivity contribution is 7.96. The van der Waals surface area contributed by atoms with Gasteiger partial charge in [-0.3, -0.25) is 0 Å². The van der Waals surface area contributed by atoms with Crippen LogP contribution < -0.4 is 10.9 Å². The molecule has 0 amide bonds. The molecule has 0 aliphatic heterocycles. The number of rotatable bonds is 4. The molecule has 12 heteroatoms. The fourth-order valence-corrected chi connectivity index (χ4v) is 3.84. The number of carbonyl (C=O) groups is 1. The van der Waals surface area contributed by atoms with Crippen molar-refractivity contribution in [1.82, 2.24) is 9.78 Å². The maximum atomic E-state index is 11.7. The molecule has 0 aliphatic carbocycles. The second-order valence-corrected chi connectivity index (χ2v) is 6.78. The Morgan fingerprint density at radius 1 is 1.48 bits per heavy atom. The third-order valence-corrected chi connectivity index (χ3v) is 4.79. The van der Waals surface area contributed by atoms with Crippen LogP contribution in [-0.2, 0) is 15.5 Å². The summed E-state index contributed by atoms with van der Waals surface area (Å²) in [6, 6.07) is 3.28. The van der Waals surface area contributed by atoms with E-state index in [9.17, 15) is 9.35 Å². The van der Waals surface area contributed by atoms with Gasteiger partial charge < -0.3 is 19.6 Å². The quantitative estimate of drug-likeness (QED) is 0.529. The molecule has 1 aromatic carbocycles. The van der Waals surface area contributed by atoms with E-state index in [4.69, 9.17) is 39.2 Å². The lowest BCUT2D eigenvalue weighted by molar-refractivity contribution is 0.152. The smallest absolute Gasteiger partial charge is 0.518 e. The van der Waals surface area contributed by atoms with Crippen molar-refractivity contribution in [2.24, 2.45) is 5.14 Å². The van der Waals surface area contributed by atoms with Crippen LogP contribution in [0.25, 0.3) is 5.69 Å². The number of nitrogens with zero attached hydrogens (tertiary/aromatic N) is 2. The van der Waals surface area contributed by atoms with Crippen molar-refractivity contribution >= 4 is 58.6 Å². The second-order valence-electron chi connectivity index (χ2n) is 4.24. The summed E-state index contributed by atoms with van der Waals surface area (Å²) in [6.07, 6.45) is -1.55. The van der Waals surface area contributed by atoms with Crippen LogP contribution in [0.1, 0.15) is 5.56 Å². The summed E-state index contributed by atoms with van der Waals surface area (Å²) >= 11 is 10.7. The van der Waals surface area contributed by atoms with Crippen molar-refractivity contribution in [3.05, 3.63) is 27.7 Å². The van der Waals surface area contributed by atoms with E-state index in [2.05, 4.69) is 9.28 Å². The van der Waals surface area contributed by atoms with Gasteiger partial charge in [-0.2, -0.15) is 5.10 Å². The van der Waals surface area contributed by atoms with Crippen LogP contribution in [0.4, 0.5) is 10.6 Å². The number of anilines is 1. The lowest BCUT2D eigenvalue weighted by Crippen LogP contribution is -2.15. The fourth-order valence-electron chi connectivity index (χ4n) is 1.78. The molecule has 8 nitrogen and oxygen atoms in total. The zero-order valence-electron chi connectivity index (χ0n) is 11.4. The molecule has 0 fully saturated rings. The van der Waals surface area contributed by atoms with Gasteiger partial charge in [-0.05, 0) is 24.6 Å². The van der Waals surface area contributed by atoms with E-state index < -0.39 is 17.5 Å². The van der Waals surface area contributed by atoms with Crippen molar-refractivity contribution in [2.75, 3.05) is 5.73 Å². The fraction of sp³-hybridized carbons (Fsp3) is 0.0909. The molecule has 0 aliphatic rings. The van der Waals surface area contributed by atoms with Crippen molar-refractivity contribution < 1.29 is 18.6 Å². The van der Waals surface area contributed by atoms with Crippen LogP contribution in [0.2, 0.25) is 10.0 Å². The van der Waals surface area contributed by atoms with Gasteiger partial charge in [-0.1, -0.05) is 23.2 Å². The first kappa shape index (κ1) is 18.0. The van der Waals surface area contributed by atoms with Gasteiger partial charge in [0.2, 0.25) is 5.03 Å². The number of carboxylic acid groups (broad SMARTS) is 1. The molecule has 5 N–H and O–H groups in total. The van der Waals surface area contributed by atoms with Crippen LogP contribution in [0, 0.1) is 6.92 Å². The summed E-state index contributed by atoms with van der Waals surface area (Å²) in [7, 11) is 0. The Hall–Kier alpha value is -1.30. The summed E-state index contributed by atoms with van der Waals surface area (Å²) in [5.41, 5.74) is 6.99. The number of aryl methyl sites for hydroxylation is 1. The first-order chi connectivity index (χ1) is 10.7. The molecule has 0 saturated heterocycles. The van der Waals surface area contributed by atoms with Crippen LogP contribution in [-0.4, -0.2) is 25.6 Å². The summed E-state index contributed by atoms with van der Waals surface area (Å²) in [6.45, 7) is 1.80. The molecule has 0 saturated carbocycles. The Morgan fingerprint density at radius 3 is 2.52 bits per heavy atom. The second kappa shape index (κ2) is 7.07. The Kier molecular flexibility index (Phi) is 5.55. The number of nitrogens with two attached hydrogens (primary N) is 2. The zero-order chi connectivity index (χ0) is 17.3. The monoisotopic (exact) mass is 396 g/mol. The van der Waals surface area contributed by atoms with Gasteiger partial charge in [0, 0.05) is 0 Å². The molecule has 1 unspecified atom stereocenters. The van der Waals surface area contributed by atoms with Crippen LogP contribution in [0.3, 0.4) is 0 Å². The minimum atomic E-state index is -2.03. The maximum absolute atomic E-state index is 11.7. The highest BCUT2D eigenvalue weighted by Gasteiger charge is 2.29. The Morgan fingerprint density at radius 2 is 2.04 bits per heavy atom. The molecule has 1 aromatic heterocycles. The van der Waals surface area contributed by atoms with Gasteiger partial charge in [-0.15, -0.1) is 5.14 Å². The van der Waals surface area contributed by atoms with Crippen molar-refractivity contribution in [3.8, 4) is 5.69 Å². The summed E-state index contributed by atoms with van der Waals surface area (Å²) in [5, 5.41) is 18.4. The van der Waals surface area contributed by atoms with Crippen molar-refractivity contribution in [3.63, 3.8) is 0 Å². The summed E-state index contributed by atoms with van der Waals surface area (Å²) < 4.78 is 17.2. The van der Waals surface area contributed by atoms with Gasteiger partial charge in [0.25, 0.3) is 4.90 Å². The Labute approximate surface area is 148 Å². The molecule has 23 heavy (non-hydrogen) atoms. The molecule has 2 rings (SSSR count). The minimum Gasteiger partial charge on any atom is -0.593 e. The average Bonchev–Trinajstić information content (AvgIpc) is 2.72. The molecule has 2 aromatic rings. The average molecular weight is 397 g/mol. The van der Waals surface area contributed by atoms with Crippen LogP contribution >= 0.6 is 35.2 Å². The van der Waals surface area contributed by atoms with Gasteiger partial charge in [0.1, 0.15) is 17.7 Å². The number of benzene rings is 1. The first-order valence-electron chi connectivity index (χ1n) is 5.80. The predicted octanol–water partition coefficient (Wildman–Crippen LogP) is 2.75. The van der Waals surface area contributed by atoms with E-state index in [1.54, 1.807) is 19.1 Å². The SMILES string of the molecule is Cc1cc(Cl)c(-n2nc(SOC(=O)O)c([S+](N)[O-])c2N)c(Cl)c1. The van der Waals surface area contributed by atoms with Crippen LogP contribution in [0.15, 0.2) is 22.1 Å². The topological polar surface area (TPSA) is 139 Å². The van der Waals surface area contributed by atoms with E-state index in [0.29, 0.717) is 12.0 Å². The minimum absolute atomic E-state index is 0.0709. The predicted molar refractivity (Wildman–Crippen MR) is 88.3 cm³/mol. The first-order valence-corrected chi connectivity index (χ1v) is 8.51. The molecule has 0 bridgehead atoms. The molecule has 0 spiro atoms. The van der Waals surface area contributed by atoms with Crippen molar-refractivity contribution in [1.29, 1.82) is 0 Å². The molecule has 1 atom stereocenters. The number of aromatic nitrogens is 2. The van der Waals surface area contributed by atoms with Gasteiger partial charge >= 0.3 is 6.16 Å². The third kappa shape index (κ3) is 3.79. The Balaban J connectivity index is 2.60. The van der Waals surface area contributed by atoms with Gasteiger partial charge in [0.05, 0.1) is 21.4 Å². The molecule has 1 heterocycles. The molecular formula is C11H10Cl2N4O4S2. The van der Waals surface area contributed by atoms with E-state index in [-0.39, 0.29) is 31.5 Å². The van der Waals surface area contributed by atoms with Crippen molar-refractivity contribution in [2.45, 2.75) is 16.8 Å². The number of hydrogen-bond donors (Lipinski definition) is 3. The van der Waals surface area contributed by atoms with E-state index in [1.165, 1.54) is 0 Å². The third-order valence-electron chi connectivity index (χ3n) is 2.61. The molecule has 124 valence electrons. The summed E-state index contributed by atoms with van der Waals surface area (Å²) in [4.78, 5) is 10.4. The zero-order valence-corrected chi connectivity index (χ0v) is 14.6. The van der Waals surface area contributed by atoms with E-state index >= 15 is 0 Å². The lowest BCUT2D eigenvalue weighted by atomic mass is 10.2. The van der Waals surface area contributed by atoms with Crippen LogP contribution in [0.5, 0.6) is 0 Å². The maximum Gasteiger partial charge on any atom is 0.518 e. The standard InChI is InChI=1S/C11H10Cl2N4O4S2/c1-4-2-5(12)7(6(13)3-4)17-9(14)8(23(15)20)10(16-17)22-21-11(18)19/h2-3H,14-15H2,1H3,(H,18,19). The highest BCUT2D eigenvalue weighted by atomic mass is 35.5. The lowest BCUT2D eigenvalue weighted by Gasteiger charge is -2.10. The molecule has 0 radical (unpaired) electrons. The number of nitrogen functional groups attached to an aromatic ring is 1. The van der Waals surface area contributed by atoms with Gasteiger partial charge in [-0.25, -0.2) is 9.48 Å². The number of hydrogen-bond acceptors (Lipinski definition) is 7. The van der Waals surface area contributed by atoms with E-state index in [0.717, 1.165) is 10.2 Å². The number of halogens is 2. The van der Waals surface area contributed by atoms with Gasteiger partial charge in [0.15, 0.2) is 5.82 Å². The summed E-state index contributed by atoms with van der Waals surface area (Å²) in [5.74, 6) is -0.0880. The largest absolute Gasteiger partial charge is 0.593 e. The van der Waals surface area contributed by atoms with E-state index in [1.807, 2.05) is 0 Å². The highest BCUT2D eigenvalue weighted by Crippen LogP contribution is 2.37.